The summed E-state index contributed by atoms with van der Waals surface area (Å²) < 4.78 is 8.04. The van der Waals surface area contributed by atoms with Gasteiger partial charge in [-0.3, -0.25) is 0 Å². The molecule has 2 rings (SSSR count). The molecule has 0 N–H and O–H groups in total. The van der Waals surface area contributed by atoms with Crippen LogP contribution < -0.4 is 4.74 Å². The van der Waals surface area contributed by atoms with Gasteiger partial charge in [0.25, 0.3) is 0 Å². The van der Waals surface area contributed by atoms with Gasteiger partial charge in [0.2, 0.25) is 0 Å². The first-order chi connectivity index (χ1) is 9.88. The Morgan fingerprint density at radius 1 is 1.05 bits per heavy atom. The molecule has 21 heavy (non-hydrogen) atoms. The molecule has 0 amide bonds. The number of carbonyl (C=O) groups is 1. The van der Waals surface area contributed by atoms with Gasteiger partial charge >= 0.3 is 5.97 Å². The summed E-state index contributed by atoms with van der Waals surface area (Å²) in [6, 6.07) is 11.5. The lowest BCUT2D eigenvalue weighted by Gasteiger charge is -2.13. The normalized spacial score (nSPS) is 10.3. The van der Waals surface area contributed by atoms with E-state index in [2.05, 4.69) is 54.4 Å². The van der Waals surface area contributed by atoms with E-state index in [9.17, 15) is 4.79 Å². The van der Waals surface area contributed by atoms with Crippen LogP contribution >= 0.6 is 47.8 Å². The van der Waals surface area contributed by atoms with Crippen molar-refractivity contribution in [2.45, 2.75) is 6.92 Å². The molecule has 2 nitrogen and oxygen atoms in total. The number of ether oxygens (including phenoxy) is 1. The van der Waals surface area contributed by atoms with E-state index in [0.29, 0.717) is 15.8 Å². The van der Waals surface area contributed by atoms with Crippen LogP contribution in [0.5, 0.6) is 5.75 Å². The van der Waals surface area contributed by atoms with Crippen LogP contribution in [-0.2, 0) is 4.79 Å². The molecule has 0 fully saturated rings. The second-order valence-electron chi connectivity index (χ2n) is 4.44. The molecule has 0 saturated carbocycles. The van der Waals surface area contributed by atoms with E-state index in [1.807, 2.05) is 36.4 Å². The highest BCUT2D eigenvalue weighted by molar-refractivity contribution is 9.11. The number of benzene rings is 2. The standard InChI is InChI=1S/C16H11Br3O2/c1-9(2)16(20)21-15-13(7-12(18)8-14(15)19)10-3-5-11(17)6-4-10/h3-8H,1H2,2H3. The molecular formula is C16H11Br3O2. The summed E-state index contributed by atoms with van der Waals surface area (Å²) in [5, 5.41) is 0. The highest BCUT2D eigenvalue weighted by Crippen LogP contribution is 2.39. The number of hydrogen-bond donors (Lipinski definition) is 0. The zero-order chi connectivity index (χ0) is 15.6. The van der Waals surface area contributed by atoms with Gasteiger partial charge in [-0.05, 0) is 52.7 Å². The number of hydrogen-bond acceptors (Lipinski definition) is 2. The van der Waals surface area contributed by atoms with Gasteiger partial charge in [-0.15, -0.1) is 0 Å². The van der Waals surface area contributed by atoms with Gasteiger partial charge in [-0.1, -0.05) is 50.6 Å². The van der Waals surface area contributed by atoms with Crippen molar-refractivity contribution in [3.63, 3.8) is 0 Å². The summed E-state index contributed by atoms with van der Waals surface area (Å²) in [7, 11) is 0. The second kappa shape index (κ2) is 6.90. The molecule has 0 saturated heterocycles. The summed E-state index contributed by atoms with van der Waals surface area (Å²) in [6.07, 6.45) is 0. The van der Waals surface area contributed by atoms with Crippen LogP contribution in [-0.4, -0.2) is 5.97 Å². The van der Waals surface area contributed by atoms with Crippen LogP contribution in [0.2, 0.25) is 0 Å². The molecule has 0 heterocycles. The smallest absolute Gasteiger partial charge is 0.338 e. The van der Waals surface area contributed by atoms with Crippen LogP contribution in [0.4, 0.5) is 0 Å². The minimum absolute atomic E-state index is 0.353. The van der Waals surface area contributed by atoms with Gasteiger partial charge in [0.15, 0.2) is 5.75 Å². The van der Waals surface area contributed by atoms with Gasteiger partial charge in [-0.2, -0.15) is 0 Å². The van der Waals surface area contributed by atoms with E-state index in [1.165, 1.54) is 0 Å². The molecular weight excluding hydrogens is 464 g/mol. The molecule has 0 aliphatic heterocycles. The quantitative estimate of drug-likeness (QED) is 0.304. The third kappa shape index (κ3) is 4.05. The van der Waals surface area contributed by atoms with Crippen molar-refractivity contribution in [3.05, 3.63) is 62.0 Å². The summed E-state index contributed by atoms with van der Waals surface area (Å²) >= 11 is 10.3. The fourth-order valence-electron chi connectivity index (χ4n) is 1.69. The van der Waals surface area contributed by atoms with E-state index < -0.39 is 5.97 Å². The number of esters is 1. The van der Waals surface area contributed by atoms with Crippen LogP contribution in [0.3, 0.4) is 0 Å². The Kier molecular flexibility index (Phi) is 5.41. The Labute approximate surface area is 148 Å². The van der Waals surface area contributed by atoms with Gasteiger partial charge < -0.3 is 4.74 Å². The molecule has 0 unspecified atom stereocenters. The van der Waals surface area contributed by atoms with Crippen molar-refractivity contribution in [2.24, 2.45) is 0 Å². The maximum absolute atomic E-state index is 11.8. The van der Waals surface area contributed by atoms with E-state index in [1.54, 1.807) is 6.92 Å². The first-order valence-electron chi connectivity index (χ1n) is 6.01. The highest BCUT2D eigenvalue weighted by Gasteiger charge is 2.16. The van der Waals surface area contributed by atoms with Crippen molar-refractivity contribution in [3.8, 4) is 16.9 Å². The lowest BCUT2D eigenvalue weighted by molar-refractivity contribution is -0.130. The van der Waals surface area contributed by atoms with Gasteiger partial charge in [-0.25, -0.2) is 4.79 Å². The van der Waals surface area contributed by atoms with Crippen LogP contribution in [0.1, 0.15) is 6.92 Å². The summed E-state index contributed by atoms with van der Waals surface area (Å²) in [5.41, 5.74) is 2.12. The lowest BCUT2D eigenvalue weighted by atomic mass is 10.0. The minimum Gasteiger partial charge on any atom is -0.421 e. The highest BCUT2D eigenvalue weighted by atomic mass is 79.9. The summed E-state index contributed by atoms with van der Waals surface area (Å²) in [4.78, 5) is 11.8. The Hall–Kier alpha value is -0.910. The van der Waals surface area contributed by atoms with Crippen molar-refractivity contribution < 1.29 is 9.53 Å². The van der Waals surface area contributed by atoms with Crippen molar-refractivity contribution in [1.82, 2.24) is 0 Å². The lowest BCUT2D eigenvalue weighted by Crippen LogP contribution is -2.09. The molecule has 2 aromatic carbocycles. The minimum atomic E-state index is -0.448. The average molecular weight is 475 g/mol. The van der Waals surface area contributed by atoms with Crippen LogP contribution in [0.25, 0.3) is 11.1 Å². The van der Waals surface area contributed by atoms with Crippen molar-refractivity contribution >= 4 is 53.8 Å². The predicted octanol–water partition coefficient (Wildman–Crippen LogP) is 6.12. The fourth-order valence-corrected chi connectivity index (χ4v) is 3.26. The van der Waals surface area contributed by atoms with E-state index in [4.69, 9.17) is 4.74 Å². The SMILES string of the molecule is C=C(C)C(=O)Oc1c(Br)cc(Br)cc1-c1ccc(Br)cc1. The molecule has 0 atom stereocenters. The maximum Gasteiger partial charge on any atom is 0.338 e. The molecule has 0 bridgehead atoms. The van der Waals surface area contributed by atoms with Gasteiger partial charge in [0.05, 0.1) is 4.47 Å². The first kappa shape index (κ1) is 16.5. The predicted molar refractivity (Wildman–Crippen MR) is 95.4 cm³/mol. The van der Waals surface area contributed by atoms with Gasteiger partial charge in [0.1, 0.15) is 0 Å². The zero-order valence-electron chi connectivity index (χ0n) is 11.1. The molecule has 0 radical (unpaired) electrons. The Balaban J connectivity index is 2.55. The van der Waals surface area contributed by atoms with E-state index in [-0.39, 0.29) is 0 Å². The molecule has 0 spiro atoms. The Bertz CT molecular complexity index is 706. The van der Waals surface area contributed by atoms with E-state index in [0.717, 1.165) is 20.1 Å². The molecule has 2 aromatic rings. The van der Waals surface area contributed by atoms with E-state index >= 15 is 0 Å². The molecule has 0 aliphatic rings. The maximum atomic E-state index is 11.8. The fraction of sp³-hybridized carbons (Fsp3) is 0.0625. The number of rotatable bonds is 3. The number of halogens is 3. The monoisotopic (exact) mass is 472 g/mol. The molecule has 108 valence electrons. The first-order valence-corrected chi connectivity index (χ1v) is 8.39. The Morgan fingerprint density at radius 2 is 1.67 bits per heavy atom. The van der Waals surface area contributed by atoms with Gasteiger partial charge in [0, 0.05) is 20.1 Å². The van der Waals surface area contributed by atoms with Crippen molar-refractivity contribution in [2.75, 3.05) is 0 Å². The summed E-state index contributed by atoms with van der Waals surface area (Å²) in [5.74, 6) is 0.0323. The molecule has 0 aromatic heterocycles. The number of carbonyl (C=O) groups excluding carboxylic acids is 1. The average Bonchev–Trinajstić information content (AvgIpc) is 2.42. The van der Waals surface area contributed by atoms with Crippen LogP contribution in [0.15, 0.2) is 62.0 Å². The second-order valence-corrected chi connectivity index (χ2v) is 7.13. The third-order valence-electron chi connectivity index (χ3n) is 2.71. The van der Waals surface area contributed by atoms with Crippen molar-refractivity contribution in [1.29, 1.82) is 0 Å². The molecule has 5 heteroatoms. The third-order valence-corrected chi connectivity index (χ3v) is 4.28. The zero-order valence-corrected chi connectivity index (χ0v) is 15.9. The van der Waals surface area contributed by atoms with Crippen LogP contribution in [0, 0.1) is 0 Å². The topological polar surface area (TPSA) is 26.3 Å². The summed E-state index contributed by atoms with van der Waals surface area (Å²) in [6.45, 7) is 5.23. The largest absolute Gasteiger partial charge is 0.421 e. The Morgan fingerprint density at radius 3 is 2.24 bits per heavy atom. The molecule has 0 aliphatic carbocycles.